The average molecular weight is 417 g/mol. The third-order valence-electron chi connectivity index (χ3n) is 4.84. The molecule has 156 valence electrons. The van der Waals surface area contributed by atoms with Crippen LogP contribution in [0.3, 0.4) is 0 Å². The summed E-state index contributed by atoms with van der Waals surface area (Å²) in [6.45, 7) is 6.97. The Kier molecular flexibility index (Phi) is 7.80. The molecular formula is C22H28N2O4S. The van der Waals surface area contributed by atoms with Crippen LogP contribution in [0.5, 0.6) is 0 Å². The molecule has 2 aromatic rings. The predicted molar refractivity (Wildman–Crippen MR) is 113 cm³/mol. The van der Waals surface area contributed by atoms with E-state index in [9.17, 15) is 9.59 Å². The first-order valence-electron chi connectivity index (χ1n) is 9.92. The van der Waals surface area contributed by atoms with E-state index in [1.54, 1.807) is 6.07 Å². The molecule has 2 heterocycles. The van der Waals surface area contributed by atoms with Crippen LogP contribution in [0.25, 0.3) is 0 Å². The highest BCUT2D eigenvalue weighted by atomic mass is 32.1. The molecule has 1 aliphatic heterocycles. The summed E-state index contributed by atoms with van der Waals surface area (Å²) in [4.78, 5) is 27.8. The highest BCUT2D eigenvalue weighted by molar-refractivity contribution is 7.12. The van der Waals surface area contributed by atoms with Gasteiger partial charge in [-0.25, -0.2) is 4.79 Å². The Hall–Kier alpha value is -2.22. The lowest BCUT2D eigenvalue weighted by Crippen LogP contribution is -2.48. The molecule has 0 bridgehead atoms. The van der Waals surface area contributed by atoms with Gasteiger partial charge in [-0.05, 0) is 22.9 Å². The Labute approximate surface area is 175 Å². The van der Waals surface area contributed by atoms with Crippen LogP contribution in [0.2, 0.25) is 0 Å². The van der Waals surface area contributed by atoms with E-state index in [-0.39, 0.29) is 24.5 Å². The molecule has 0 aliphatic carbocycles. The second kappa shape index (κ2) is 10.5. The van der Waals surface area contributed by atoms with E-state index in [1.165, 1.54) is 16.9 Å². The van der Waals surface area contributed by atoms with Crippen LogP contribution in [-0.2, 0) is 20.8 Å². The zero-order valence-electron chi connectivity index (χ0n) is 16.9. The molecule has 0 saturated carbocycles. The van der Waals surface area contributed by atoms with Crippen molar-refractivity contribution in [2.45, 2.75) is 32.5 Å². The summed E-state index contributed by atoms with van der Waals surface area (Å²) in [5.74, 6) is -0.749. The number of thiophene rings is 1. The van der Waals surface area contributed by atoms with E-state index in [4.69, 9.17) is 9.47 Å². The first kappa shape index (κ1) is 21.5. The SMILES string of the molecule is CC(C)C(NC(=O)c1cccs1)C(=O)OCC1CN(Cc2ccccc2)CCO1. The van der Waals surface area contributed by atoms with E-state index in [0.29, 0.717) is 18.0 Å². The van der Waals surface area contributed by atoms with Crippen LogP contribution in [0.4, 0.5) is 0 Å². The van der Waals surface area contributed by atoms with Gasteiger partial charge in [-0.3, -0.25) is 9.69 Å². The molecule has 0 spiro atoms. The second-order valence-corrected chi connectivity index (χ2v) is 8.46. The van der Waals surface area contributed by atoms with E-state index < -0.39 is 12.0 Å². The van der Waals surface area contributed by atoms with E-state index in [1.807, 2.05) is 43.5 Å². The monoisotopic (exact) mass is 416 g/mol. The quantitative estimate of drug-likeness (QED) is 0.670. The molecule has 1 saturated heterocycles. The van der Waals surface area contributed by atoms with Gasteiger partial charge >= 0.3 is 5.97 Å². The standard InChI is InChI=1S/C22H28N2O4S/c1-16(2)20(23-21(25)19-9-6-12-29-19)22(26)28-15-18-14-24(10-11-27-18)13-17-7-4-3-5-8-17/h3-9,12,16,18,20H,10-11,13-15H2,1-2H3,(H,23,25). The van der Waals surface area contributed by atoms with Gasteiger partial charge in [0, 0.05) is 19.6 Å². The summed E-state index contributed by atoms with van der Waals surface area (Å²) in [6, 6.07) is 13.1. The Morgan fingerprint density at radius 1 is 1.24 bits per heavy atom. The second-order valence-electron chi connectivity index (χ2n) is 7.52. The number of carbonyl (C=O) groups is 2. The molecule has 2 atom stereocenters. The maximum absolute atomic E-state index is 12.6. The summed E-state index contributed by atoms with van der Waals surface area (Å²) in [7, 11) is 0. The Morgan fingerprint density at radius 3 is 2.72 bits per heavy atom. The lowest BCUT2D eigenvalue weighted by molar-refractivity contribution is -0.154. The molecular weight excluding hydrogens is 388 g/mol. The number of hydrogen-bond acceptors (Lipinski definition) is 6. The Morgan fingerprint density at radius 2 is 2.03 bits per heavy atom. The van der Waals surface area contributed by atoms with Crippen molar-refractivity contribution in [2.24, 2.45) is 5.92 Å². The van der Waals surface area contributed by atoms with E-state index in [0.717, 1.165) is 13.1 Å². The predicted octanol–water partition coefficient (Wildman–Crippen LogP) is 2.95. The van der Waals surface area contributed by atoms with Crippen LogP contribution in [0.1, 0.15) is 29.1 Å². The summed E-state index contributed by atoms with van der Waals surface area (Å²) in [5.41, 5.74) is 1.25. The van der Waals surface area contributed by atoms with E-state index in [2.05, 4.69) is 22.3 Å². The number of esters is 1. The molecule has 7 heteroatoms. The normalized spacial score (nSPS) is 18.4. The highest BCUT2D eigenvalue weighted by Gasteiger charge is 2.28. The fraction of sp³-hybridized carbons (Fsp3) is 0.455. The number of nitrogens with zero attached hydrogens (tertiary/aromatic N) is 1. The molecule has 1 amide bonds. The van der Waals surface area contributed by atoms with E-state index >= 15 is 0 Å². The summed E-state index contributed by atoms with van der Waals surface area (Å²) < 4.78 is 11.3. The molecule has 1 fully saturated rings. The van der Waals surface area contributed by atoms with Gasteiger partial charge in [-0.2, -0.15) is 0 Å². The fourth-order valence-corrected chi connectivity index (χ4v) is 3.88. The maximum atomic E-state index is 12.6. The van der Waals surface area contributed by atoms with Crippen LogP contribution in [0, 0.1) is 5.92 Å². The first-order chi connectivity index (χ1) is 14.0. The average Bonchev–Trinajstić information content (AvgIpc) is 3.26. The van der Waals surface area contributed by atoms with Crippen molar-refractivity contribution in [1.82, 2.24) is 10.2 Å². The zero-order valence-corrected chi connectivity index (χ0v) is 17.7. The summed E-state index contributed by atoms with van der Waals surface area (Å²) in [6.07, 6.45) is -0.169. The number of nitrogens with one attached hydrogen (secondary N) is 1. The minimum Gasteiger partial charge on any atom is -0.461 e. The number of benzene rings is 1. The van der Waals surface area contributed by atoms with Crippen LogP contribution in [-0.4, -0.2) is 55.2 Å². The highest BCUT2D eigenvalue weighted by Crippen LogP contribution is 2.13. The van der Waals surface area contributed by atoms with Crippen molar-refractivity contribution in [3.05, 3.63) is 58.3 Å². The minimum atomic E-state index is -0.686. The third kappa shape index (κ3) is 6.39. The van der Waals surface area contributed by atoms with Crippen molar-refractivity contribution in [1.29, 1.82) is 0 Å². The van der Waals surface area contributed by atoms with Crippen LogP contribution < -0.4 is 5.32 Å². The topological polar surface area (TPSA) is 67.9 Å². The van der Waals surface area contributed by atoms with Gasteiger partial charge in [-0.1, -0.05) is 50.2 Å². The van der Waals surface area contributed by atoms with Gasteiger partial charge in [0.15, 0.2) is 0 Å². The van der Waals surface area contributed by atoms with Gasteiger partial charge in [-0.15, -0.1) is 11.3 Å². The molecule has 1 N–H and O–H groups in total. The van der Waals surface area contributed by atoms with Crippen LogP contribution in [0.15, 0.2) is 47.8 Å². The van der Waals surface area contributed by atoms with Gasteiger partial charge < -0.3 is 14.8 Å². The number of hydrogen-bond donors (Lipinski definition) is 1. The molecule has 6 nitrogen and oxygen atoms in total. The van der Waals surface area contributed by atoms with Gasteiger partial charge in [0.2, 0.25) is 0 Å². The first-order valence-corrected chi connectivity index (χ1v) is 10.8. The van der Waals surface area contributed by atoms with Crippen molar-refractivity contribution in [2.75, 3.05) is 26.3 Å². The number of rotatable bonds is 8. The Balaban J connectivity index is 1.49. The third-order valence-corrected chi connectivity index (χ3v) is 5.70. The van der Waals surface area contributed by atoms with Gasteiger partial charge in [0.25, 0.3) is 5.91 Å². The number of amides is 1. The molecule has 1 aromatic carbocycles. The molecule has 29 heavy (non-hydrogen) atoms. The van der Waals surface area contributed by atoms with Gasteiger partial charge in [0.1, 0.15) is 18.8 Å². The van der Waals surface area contributed by atoms with Crippen molar-refractivity contribution in [3.63, 3.8) is 0 Å². The molecule has 3 rings (SSSR count). The van der Waals surface area contributed by atoms with Crippen LogP contribution >= 0.6 is 11.3 Å². The number of carbonyl (C=O) groups excluding carboxylic acids is 2. The molecule has 2 unspecified atom stereocenters. The molecule has 1 aromatic heterocycles. The largest absolute Gasteiger partial charge is 0.461 e. The molecule has 0 radical (unpaired) electrons. The lowest BCUT2D eigenvalue weighted by Gasteiger charge is -2.33. The van der Waals surface area contributed by atoms with Crippen molar-refractivity contribution in [3.8, 4) is 0 Å². The summed E-state index contributed by atoms with van der Waals surface area (Å²) in [5, 5.41) is 4.63. The smallest absolute Gasteiger partial charge is 0.329 e. The van der Waals surface area contributed by atoms with Crippen molar-refractivity contribution < 1.29 is 19.1 Å². The van der Waals surface area contributed by atoms with Gasteiger partial charge in [0.05, 0.1) is 11.5 Å². The minimum absolute atomic E-state index is 0.0757. The fourth-order valence-electron chi connectivity index (χ4n) is 3.25. The van der Waals surface area contributed by atoms with Crippen molar-refractivity contribution >= 4 is 23.2 Å². The number of morpholine rings is 1. The lowest BCUT2D eigenvalue weighted by atomic mass is 10.0. The Bertz CT molecular complexity index is 779. The zero-order chi connectivity index (χ0) is 20.6. The maximum Gasteiger partial charge on any atom is 0.329 e. The molecule has 1 aliphatic rings. The number of ether oxygens (including phenoxy) is 2. The summed E-state index contributed by atoms with van der Waals surface area (Å²) >= 11 is 1.34.